The molecule has 0 spiro atoms. The van der Waals surface area contributed by atoms with Crippen LogP contribution in [0, 0.1) is 5.41 Å². The first kappa shape index (κ1) is 14.8. The zero-order chi connectivity index (χ0) is 12.9. The third-order valence-corrected chi connectivity index (χ3v) is 4.77. The van der Waals surface area contributed by atoms with Gasteiger partial charge in [0.15, 0.2) is 0 Å². The number of ether oxygens (including phenoxy) is 1. The normalized spacial score (nSPS) is 11.6. The highest BCUT2D eigenvalue weighted by atomic mass is 79.9. The maximum Gasteiger partial charge on any atom is 0.133 e. The lowest BCUT2D eigenvalue weighted by molar-refractivity contribution is 0.301. The van der Waals surface area contributed by atoms with E-state index < -0.39 is 0 Å². The molecular weight excluding hydrogens is 300 g/mol. The summed E-state index contributed by atoms with van der Waals surface area (Å²) in [5.74, 6) is 1.59. The van der Waals surface area contributed by atoms with Gasteiger partial charge < -0.3 is 4.74 Å². The van der Waals surface area contributed by atoms with E-state index >= 15 is 0 Å². The van der Waals surface area contributed by atoms with E-state index in [0.29, 0.717) is 5.88 Å². The van der Waals surface area contributed by atoms with Crippen molar-refractivity contribution < 1.29 is 4.74 Å². The summed E-state index contributed by atoms with van der Waals surface area (Å²) in [5.41, 5.74) is 1.53. The average Bonchev–Trinajstić information content (AvgIpc) is 2.36. The van der Waals surface area contributed by atoms with Crippen LogP contribution in [0.1, 0.15) is 32.3 Å². The first-order chi connectivity index (χ1) is 8.10. The number of rotatable bonds is 6. The second kappa shape index (κ2) is 6.65. The van der Waals surface area contributed by atoms with Crippen molar-refractivity contribution in [3.63, 3.8) is 0 Å². The minimum atomic E-state index is 0.218. The van der Waals surface area contributed by atoms with E-state index in [1.54, 1.807) is 7.11 Å². The van der Waals surface area contributed by atoms with Crippen LogP contribution in [0.5, 0.6) is 5.75 Å². The monoisotopic (exact) mass is 318 g/mol. The number of hydrogen-bond acceptors (Lipinski definition) is 1. The number of alkyl halides is 1. The fraction of sp³-hybridized carbons (Fsp3) is 0.571. The molecule has 0 fully saturated rings. The lowest BCUT2D eigenvalue weighted by atomic mass is 9.79. The molecule has 0 aliphatic rings. The Hall–Kier alpha value is -0.210. The van der Waals surface area contributed by atoms with Gasteiger partial charge in [-0.25, -0.2) is 0 Å². The molecule has 0 amide bonds. The molecule has 0 heterocycles. The average molecular weight is 320 g/mol. The molecule has 0 saturated heterocycles. The van der Waals surface area contributed by atoms with E-state index in [1.807, 2.05) is 6.07 Å². The minimum absolute atomic E-state index is 0.218. The number of benzene rings is 1. The molecule has 0 saturated carbocycles. The Balaban J connectivity index is 2.90. The second-order valence-corrected chi connectivity index (χ2v) is 5.61. The van der Waals surface area contributed by atoms with Crippen molar-refractivity contribution in [1.82, 2.24) is 0 Å². The molecule has 0 aliphatic carbocycles. The number of hydrogen-bond donors (Lipinski definition) is 0. The van der Waals surface area contributed by atoms with Gasteiger partial charge in [-0.05, 0) is 58.3 Å². The SMILES string of the molecule is CCC(CC)(CCl)Cc1ccc(OC)c(Br)c1. The molecule has 0 atom stereocenters. The van der Waals surface area contributed by atoms with Crippen LogP contribution >= 0.6 is 27.5 Å². The summed E-state index contributed by atoms with van der Waals surface area (Å²) in [6, 6.07) is 6.26. The van der Waals surface area contributed by atoms with Crippen molar-refractivity contribution in [2.75, 3.05) is 13.0 Å². The summed E-state index contributed by atoms with van der Waals surface area (Å²) < 4.78 is 6.24. The Kier molecular flexibility index (Phi) is 5.81. The Bertz CT molecular complexity index is 353. The van der Waals surface area contributed by atoms with Crippen molar-refractivity contribution in [2.45, 2.75) is 33.1 Å². The largest absolute Gasteiger partial charge is 0.496 e. The molecule has 0 unspecified atom stereocenters. The van der Waals surface area contributed by atoms with E-state index in [0.717, 1.165) is 29.5 Å². The summed E-state index contributed by atoms with van der Waals surface area (Å²) in [6.07, 6.45) is 3.24. The molecule has 1 aromatic rings. The molecule has 1 aromatic carbocycles. The standard InChI is InChI=1S/C14H20BrClO/c1-4-14(5-2,10-16)9-11-6-7-13(17-3)12(15)8-11/h6-8H,4-5,9-10H2,1-3H3. The Morgan fingerprint density at radius 2 is 1.94 bits per heavy atom. The Labute approximate surface area is 118 Å². The van der Waals surface area contributed by atoms with Crippen molar-refractivity contribution in [3.8, 4) is 5.75 Å². The summed E-state index contributed by atoms with van der Waals surface area (Å²) in [5, 5.41) is 0. The first-order valence-corrected chi connectivity index (χ1v) is 7.32. The van der Waals surface area contributed by atoms with E-state index in [-0.39, 0.29) is 5.41 Å². The summed E-state index contributed by atoms with van der Waals surface area (Å²) in [6.45, 7) is 4.43. The lowest BCUT2D eigenvalue weighted by Crippen LogP contribution is -2.24. The molecule has 0 aromatic heterocycles. The van der Waals surface area contributed by atoms with Crippen molar-refractivity contribution in [1.29, 1.82) is 0 Å². The zero-order valence-corrected chi connectivity index (χ0v) is 13.1. The molecule has 0 aliphatic heterocycles. The summed E-state index contributed by atoms with van der Waals surface area (Å²) in [7, 11) is 1.68. The fourth-order valence-electron chi connectivity index (χ4n) is 1.99. The molecule has 1 rings (SSSR count). The smallest absolute Gasteiger partial charge is 0.133 e. The summed E-state index contributed by atoms with van der Waals surface area (Å²) >= 11 is 9.66. The van der Waals surface area contributed by atoms with Crippen LogP contribution in [-0.2, 0) is 6.42 Å². The Morgan fingerprint density at radius 1 is 1.29 bits per heavy atom. The van der Waals surface area contributed by atoms with E-state index in [9.17, 15) is 0 Å². The van der Waals surface area contributed by atoms with Crippen LogP contribution in [0.4, 0.5) is 0 Å². The van der Waals surface area contributed by atoms with Gasteiger partial charge in [0, 0.05) is 5.88 Å². The number of halogens is 2. The molecule has 0 bridgehead atoms. The van der Waals surface area contributed by atoms with Gasteiger partial charge in [0.05, 0.1) is 11.6 Å². The molecule has 17 heavy (non-hydrogen) atoms. The van der Waals surface area contributed by atoms with Gasteiger partial charge in [-0.3, -0.25) is 0 Å². The van der Waals surface area contributed by atoms with Crippen LogP contribution in [0.2, 0.25) is 0 Å². The third kappa shape index (κ3) is 3.62. The molecule has 3 heteroatoms. The quantitative estimate of drug-likeness (QED) is 0.667. The predicted molar refractivity (Wildman–Crippen MR) is 78.1 cm³/mol. The molecule has 0 radical (unpaired) electrons. The van der Waals surface area contributed by atoms with Gasteiger partial charge >= 0.3 is 0 Å². The molecule has 96 valence electrons. The highest BCUT2D eigenvalue weighted by Gasteiger charge is 2.25. The van der Waals surface area contributed by atoms with E-state index in [2.05, 4.69) is 41.9 Å². The maximum atomic E-state index is 6.14. The van der Waals surface area contributed by atoms with Crippen LogP contribution < -0.4 is 4.74 Å². The third-order valence-electron chi connectivity index (χ3n) is 3.58. The second-order valence-electron chi connectivity index (χ2n) is 4.49. The van der Waals surface area contributed by atoms with Crippen LogP contribution in [0.15, 0.2) is 22.7 Å². The van der Waals surface area contributed by atoms with Crippen molar-refractivity contribution >= 4 is 27.5 Å². The van der Waals surface area contributed by atoms with Crippen molar-refractivity contribution in [2.24, 2.45) is 5.41 Å². The molecule has 0 N–H and O–H groups in total. The maximum absolute atomic E-state index is 6.14. The highest BCUT2D eigenvalue weighted by Crippen LogP contribution is 2.34. The van der Waals surface area contributed by atoms with Crippen LogP contribution in [0.25, 0.3) is 0 Å². The highest BCUT2D eigenvalue weighted by molar-refractivity contribution is 9.10. The van der Waals surface area contributed by atoms with Gasteiger partial charge in [0.25, 0.3) is 0 Å². The zero-order valence-electron chi connectivity index (χ0n) is 10.7. The summed E-state index contributed by atoms with van der Waals surface area (Å²) in [4.78, 5) is 0. The van der Waals surface area contributed by atoms with E-state index in [4.69, 9.17) is 16.3 Å². The van der Waals surface area contributed by atoms with E-state index in [1.165, 1.54) is 5.56 Å². The lowest BCUT2D eigenvalue weighted by Gasteiger charge is -2.29. The first-order valence-electron chi connectivity index (χ1n) is 5.99. The topological polar surface area (TPSA) is 9.23 Å². The van der Waals surface area contributed by atoms with Crippen LogP contribution in [0.3, 0.4) is 0 Å². The van der Waals surface area contributed by atoms with Crippen molar-refractivity contribution in [3.05, 3.63) is 28.2 Å². The Morgan fingerprint density at radius 3 is 2.35 bits per heavy atom. The van der Waals surface area contributed by atoms with Gasteiger partial charge in [-0.15, -0.1) is 11.6 Å². The molecular formula is C14H20BrClO. The van der Waals surface area contributed by atoms with Gasteiger partial charge in [-0.1, -0.05) is 19.9 Å². The van der Waals surface area contributed by atoms with Gasteiger partial charge in [0.1, 0.15) is 5.75 Å². The predicted octanol–water partition coefficient (Wildman–Crippen LogP) is 5.05. The van der Waals surface area contributed by atoms with Crippen LogP contribution in [-0.4, -0.2) is 13.0 Å². The fourth-order valence-corrected chi connectivity index (χ4v) is 3.05. The van der Waals surface area contributed by atoms with Gasteiger partial charge in [-0.2, -0.15) is 0 Å². The van der Waals surface area contributed by atoms with Gasteiger partial charge in [0.2, 0.25) is 0 Å². The molecule has 1 nitrogen and oxygen atoms in total. The minimum Gasteiger partial charge on any atom is -0.496 e. The number of methoxy groups -OCH3 is 1.